The summed E-state index contributed by atoms with van der Waals surface area (Å²) in [5, 5.41) is 3.05. The van der Waals surface area contributed by atoms with Crippen molar-refractivity contribution >= 4 is 11.6 Å². The maximum atomic E-state index is 13.1. The molecule has 0 saturated carbocycles. The highest BCUT2D eigenvalue weighted by Gasteiger charge is 2.25. The Morgan fingerprint density at radius 1 is 1.14 bits per heavy atom. The molecule has 0 aliphatic carbocycles. The number of likely N-dealkylation sites (N-methyl/N-ethyl adjacent to an activating group) is 1. The molecule has 5 heteroatoms. The quantitative estimate of drug-likeness (QED) is 0.704. The van der Waals surface area contributed by atoms with Crippen LogP contribution in [0.1, 0.15) is 38.3 Å². The van der Waals surface area contributed by atoms with E-state index in [1.54, 1.807) is 0 Å². The Bertz CT molecular complexity index is 723. The van der Waals surface area contributed by atoms with Crippen LogP contribution in [0.25, 0.3) is 0 Å². The molecule has 1 amide bonds. The summed E-state index contributed by atoms with van der Waals surface area (Å²) in [7, 11) is 0. The van der Waals surface area contributed by atoms with Gasteiger partial charge in [-0.2, -0.15) is 0 Å². The Hall–Kier alpha value is -2.37. The molecule has 2 atom stereocenters. The van der Waals surface area contributed by atoms with Crippen LogP contribution in [0, 0.1) is 0 Å². The third-order valence-electron chi connectivity index (χ3n) is 5.12. The molecular weight excluding hydrogens is 352 g/mol. The van der Waals surface area contributed by atoms with E-state index in [2.05, 4.69) is 24.1 Å². The van der Waals surface area contributed by atoms with Crippen LogP contribution in [0.2, 0.25) is 0 Å². The van der Waals surface area contributed by atoms with Gasteiger partial charge in [0.25, 0.3) is 0 Å². The van der Waals surface area contributed by atoms with Crippen molar-refractivity contribution in [2.75, 3.05) is 31.6 Å². The van der Waals surface area contributed by atoms with E-state index >= 15 is 0 Å². The third-order valence-corrected chi connectivity index (χ3v) is 5.12. The van der Waals surface area contributed by atoms with Gasteiger partial charge in [0.05, 0.1) is 6.10 Å². The number of ether oxygens (including phenoxy) is 2. The minimum absolute atomic E-state index is 0.0251. The number of carbonyl (C=O) groups excluding carboxylic acids is 1. The first-order valence-corrected chi connectivity index (χ1v) is 10.2. The van der Waals surface area contributed by atoms with Gasteiger partial charge in [-0.15, -0.1) is 0 Å². The van der Waals surface area contributed by atoms with Crippen molar-refractivity contribution in [2.24, 2.45) is 0 Å². The fraction of sp³-hybridized carbons (Fsp3) is 0.435. The van der Waals surface area contributed by atoms with Crippen LogP contribution in [-0.2, 0) is 9.53 Å². The number of anilines is 1. The molecular formula is C23H30N2O3. The van der Waals surface area contributed by atoms with Gasteiger partial charge in [-0.25, -0.2) is 0 Å². The summed E-state index contributed by atoms with van der Waals surface area (Å²) in [4.78, 5) is 15.2. The molecule has 1 N–H and O–H groups in total. The minimum atomic E-state index is -0.313. The Balaban J connectivity index is 1.64. The van der Waals surface area contributed by atoms with Crippen LogP contribution in [-0.4, -0.2) is 43.2 Å². The largest absolute Gasteiger partial charge is 0.491 e. The van der Waals surface area contributed by atoms with E-state index < -0.39 is 0 Å². The van der Waals surface area contributed by atoms with Crippen LogP contribution in [0.15, 0.2) is 54.6 Å². The lowest BCUT2D eigenvalue weighted by Crippen LogP contribution is -2.37. The summed E-state index contributed by atoms with van der Waals surface area (Å²) in [6.07, 6.45) is 2.36. The van der Waals surface area contributed by atoms with Crippen LogP contribution in [0.4, 0.5) is 5.69 Å². The van der Waals surface area contributed by atoms with Gasteiger partial charge in [-0.1, -0.05) is 44.2 Å². The number of hydrogen-bond acceptors (Lipinski definition) is 4. The highest BCUT2D eigenvalue weighted by atomic mass is 16.5. The molecule has 1 aliphatic heterocycles. The van der Waals surface area contributed by atoms with Gasteiger partial charge < -0.3 is 14.8 Å². The molecule has 0 bridgehead atoms. The van der Waals surface area contributed by atoms with Crippen molar-refractivity contribution in [1.82, 2.24) is 4.90 Å². The predicted molar refractivity (Wildman–Crippen MR) is 112 cm³/mol. The van der Waals surface area contributed by atoms with Crippen LogP contribution in [0.5, 0.6) is 5.75 Å². The second-order valence-corrected chi connectivity index (χ2v) is 6.99. The van der Waals surface area contributed by atoms with E-state index in [1.165, 1.54) is 0 Å². The van der Waals surface area contributed by atoms with E-state index in [1.807, 2.05) is 54.6 Å². The first-order chi connectivity index (χ1) is 13.7. The van der Waals surface area contributed by atoms with Crippen molar-refractivity contribution in [3.05, 3.63) is 60.2 Å². The van der Waals surface area contributed by atoms with Crippen molar-refractivity contribution < 1.29 is 14.3 Å². The predicted octanol–water partition coefficient (Wildman–Crippen LogP) is 4.27. The molecule has 150 valence electrons. The molecule has 1 aliphatic rings. The van der Waals surface area contributed by atoms with Gasteiger partial charge in [-0.3, -0.25) is 9.69 Å². The zero-order valence-corrected chi connectivity index (χ0v) is 16.8. The van der Waals surface area contributed by atoms with Gasteiger partial charge in [-0.05, 0) is 55.8 Å². The normalized spacial score (nSPS) is 17.5. The SMILES string of the molecule is CCN(CC)C(C(=O)Nc1ccc(OCC2CCCO2)cc1)c1ccccc1. The number of nitrogens with one attached hydrogen (secondary N) is 1. The Morgan fingerprint density at radius 3 is 2.46 bits per heavy atom. The Kier molecular flexibility index (Phi) is 7.46. The highest BCUT2D eigenvalue weighted by Crippen LogP contribution is 2.24. The van der Waals surface area contributed by atoms with E-state index in [-0.39, 0.29) is 18.1 Å². The molecule has 2 aromatic rings. The summed E-state index contributed by atoms with van der Waals surface area (Å²) >= 11 is 0. The summed E-state index contributed by atoms with van der Waals surface area (Å²) in [5.74, 6) is 0.764. The molecule has 1 heterocycles. The van der Waals surface area contributed by atoms with Gasteiger partial charge >= 0.3 is 0 Å². The van der Waals surface area contributed by atoms with Gasteiger partial charge in [0.1, 0.15) is 18.4 Å². The molecule has 0 spiro atoms. The van der Waals surface area contributed by atoms with Crippen LogP contribution >= 0.6 is 0 Å². The highest BCUT2D eigenvalue weighted by molar-refractivity contribution is 5.95. The maximum absolute atomic E-state index is 13.1. The lowest BCUT2D eigenvalue weighted by atomic mass is 10.0. The molecule has 5 nitrogen and oxygen atoms in total. The van der Waals surface area contributed by atoms with E-state index in [0.29, 0.717) is 6.61 Å². The van der Waals surface area contributed by atoms with Crippen molar-refractivity contribution in [3.63, 3.8) is 0 Å². The number of benzene rings is 2. The fourth-order valence-corrected chi connectivity index (χ4v) is 3.56. The molecule has 2 unspecified atom stereocenters. The number of amides is 1. The number of nitrogens with zero attached hydrogens (tertiary/aromatic N) is 1. The zero-order valence-electron chi connectivity index (χ0n) is 16.8. The van der Waals surface area contributed by atoms with E-state index in [4.69, 9.17) is 9.47 Å². The lowest BCUT2D eigenvalue weighted by molar-refractivity contribution is -0.121. The number of rotatable bonds is 9. The van der Waals surface area contributed by atoms with E-state index in [0.717, 1.165) is 49.5 Å². The van der Waals surface area contributed by atoms with Crippen molar-refractivity contribution in [2.45, 2.75) is 38.8 Å². The second kappa shape index (κ2) is 10.2. The molecule has 0 radical (unpaired) electrons. The molecule has 3 rings (SSSR count). The molecule has 1 fully saturated rings. The lowest BCUT2D eigenvalue weighted by Gasteiger charge is -2.29. The topological polar surface area (TPSA) is 50.8 Å². The van der Waals surface area contributed by atoms with Gasteiger partial charge in [0.2, 0.25) is 5.91 Å². The van der Waals surface area contributed by atoms with Crippen LogP contribution < -0.4 is 10.1 Å². The summed E-state index contributed by atoms with van der Waals surface area (Å²) in [6.45, 7) is 7.16. The third kappa shape index (κ3) is 5.33. The summed E-state index contributed by atoms with van der Waals surface area (Å²) in [5.41, 5.74) is 1.77. The molecule has 2 aromatic carbocycles. The van der Waals surface area contributed by atoms with Gasteiger partial charge in [0, 0.05) is 12.3 Å². The Morgan fingerprint density at radius 2 is 1.86 bits per heavy atom. The molecule has 28 heavy (non-hydrogen) atoms. The van der Waals surface area contributed by atoms with Crippen LogP contribution in [0.3, 0.4) is 0 Å². The minimum Gasteiger partial charge on any atom is -0.491 e. The molecule has 1 saturated heterocycles. The summed E-state index contributed by atoms with van der Waals surface area (Å²) < 4.78 is 11.4. The maximum Gasteiger partial charge on any atom is 0.246 e. The average molecular weight is 383 g/mol. The van der Waals surface area contributed by atoms with Gasteiger partial charge in [0.15, 0.2) is 0 Å². The molecule has 0 aromatic heterocycles. The van der Waals surface area contributed by atoms with Crippen molar-refractivity contribution in [3.8, 4) is 5.75 Å². The van der Waals surface area contributed by atoms with E-state index in [9.17, 15) is 4.79 Å². The summed E-state index contributed by atoms with van der Waals surface area (Å²) in [6, 6.07) is 17.1. The van der Waals surface area contributed by atoms with Crippen molar-refractivity contribution in [1.29, 1.82) is 0 Å². The first-order valence-electron chi connectivity index (χ1n) is 10.2. The second-order valence-electron chi connectivity index (χ2n) is 6.99. The average Bonchev–Trinajstić information content (AvgIpc) is 3.25. The zero-order chi connectivity index (χ0) is 19.8. The smallest absolute Gasteiger partial charge is 0.246 e. The Labute approximate surface area is 167 Å². The first kappa shape index (κ1) is 20.4. The fourth-order valence-electron chi connectivity index (χ4n) is 3.56. The number of carbonyl (C=O) groups is 1. The monoisotopic (exact) mass is 382 g/mol. The number of hydrogen-bond donors (Lipinski definition) is 1. The standard InChI is InChI=1S/C23H30N2O3/c1-3-25(4-2)22(18-9-6-5-7-10-18)23(26)24-19-12-14-20(15-13-19)28-17-21-11-8-16-27-21/h5-7,9-10,12-15,21-22H,3-4,8,11,16-17H2,1-2H3,(H,24,26).